The number of benzene rings is 2. The summed E-state index contributed by atoms with van der Waals surface area (Å²) in [5, 5.41) is 51.6. The lowest BCUT2D eigenvalue weighted by Gasteiger charge is -2.67. The summed E-state index contributed by atoms with van der Waals surface area (Å²) >= 11 is 0. The first kappa shape index (κ1) is 41.2. The van der Waals surface area contributed by atoms with Gasteiger partial charge in [0, 0.05) is 31.6 Å². The van der Waals surface area contributed by atoms with Gasteiger partial charge in [0.05, 0.1) is 35.6 Å². The lowest BCUT2D eigenvalue weighted by Crippen LogP contribution is -2.81. The molecule has 56 heavy (non-hydrogen) atoms. The fourth-order valence-corrected chi connectivity index (χ4v) is 9.60. The molecule has 2 aromatic carbocycles. The van der Waals surface area contributed by atoms with Crippen LogP contribution in [0.1, 0.15) is 89.2 Å². The van der Waals surface area contributed by atoms with E-state index in [0.29, 0.717) is 12.0 Å². The SMILES string of the molecule is CCCC(=O)N[C@@H](c1ccccc1)[C@@H](O)C(=O)O[C@H]1C[C@@]2(O)[C@@H](OC(=O)c3ccccc3)[C@@H]3[C@]4(OC(C)=O)CO[C@@H]4C[C@H](O)[C@@]3(C)C(=O)[C@H](O)C(=C1C)C2(C)C. The number of rotatable bonds is 10. The number of nitrogens with one attached hydrogen (secondary N) is 1. The van der Waals surface area contributed by atoms with Crippen molar-refractivity contribution in [3.05, 3.63) is 82.9 Å². The molecule has 14 heteroatoms. The maximum Gasteiger partial charge on any atom is 0.338 e. The molecule has 11 atom stereocenters. The van der Waals surface area contributed by atoms with Crippen molar-refractivity contribution in [2.75, 3.05) is 6.61 Å². The van der Waals surface area contributed by atoms with E-state index in [1.165, 1.54) is 26.0 Å². The fraction of sp³-hybridized carbons (Fsp3) is 0.548. The zero-order chi connectivity index (χ0) is 41.0. The first-order chi connectivity index (χ1) is 26.3. The van der Waals surface area contributed by atoms with E-state index in [1.54, 1.807) is 69.3 Å². The van der Waals surface area contributed by atoms with Crippen molar-refractivity contribution in [3.8, 4) is 0 Å². The Labute approximate surface area is 325 Å². The first-order valence-electron chi connectivity index (χ1n) is 19.0. The quantitative estimate of drug-likeness (QED) is 0.134. The Hall–Kier alpha value is -4.47. The van der Waals surface area contributed by atoms with Crippen LogP contribution in [-0.4, -0.2) is 104 Å². The molecule has 6 rings (SSSR count). The predicted molar refractivity (Wildman–Crippen MR) is 197 cm³/mol. The standard InChI is InChI=1S/C42H51NO13/c1-7-14-29(46)43-31(24-15-10-8-11-16-24)33(48)38(51)54-26-20-42(52)36(55-37(50)25-17-12-9-13-18-25)34-40(6,35(49)32(47)30(22(26)2)39(42,4)5)27(45)19-28-41(34,21-53-28)56-23(3)44/h8-13,15-18,26-28,31-34,36,45,47-48,52H,7,14,19-21H2,1-6H3,(H,43,46)/t26-,27-,28+,31-,32+,33+,34-,36-,40+,41-,42+/m0/s1. The van der Waals surface area contributed by atoms with Crippen molar-refractivity contribution in [2.45, 2.75) is 121 Å². The second kappa shape index (κ2) is 15.1. The van der Waals surface area contributed by atoms with Gasteiger partial charge in [-0.05, 0) is 49.1 Å². The van der Waals surface area contributed by atoms with Crippen LogP contribution < -0.4 is 5.32 Å². The molecule has 1 aliphatic heterocycles. The monoisotopic (exact) mass is 777 g/mol. The molecule has 5 N–H and O–H groups in total. The van der Waals surface area contributed by atoms with Crippen molar-refractivity contribution < 1.29 is 63.3 Å². The molecule has 3 fully saturated rings. The molecule has 0 radical (unpaired) electrons. The van der Waals surface area contributed by atoms with Gasteiger partial charge in [-0.25, -0.2) is 9.59 Å². The minimum atomic E-state index is -2.33. The van der Waals surface area contributed by atoms with E-state index < -0.39 is 107 Å². The smallest absolute Gasteiger partial charge is 0.338 e. The van der Waals surface area contributed by atoms with E-state index in [9.17, 15) is 44.4 Å². The Balaban J connectivity index is 1.50. The molecule has 0 unspecified atom stereocenters. The summed E-state index contributed by atoms with van der Waals surface area (Å²) in [4.78, 5) is 68.5. The molecule has 2 bridgehead atoms. The van der Waals surface area contributed by atoms with Crippen LogP contribution in [0.5, 0.6) is 0 Å². The van der Waals surface area contributed by atoms with Gasteiger partial charge < -0.3 is 44.7 Å². The predicted octanol–water partition coefficient (Wildman–Crippen LogP) is 2.65. The highest BCUT2D eigenvalue weighted by molar-refractivity contribution is 5.94. The number of hydrogen-bond donors (Lipinski definition) is 5. The van der Waals surface area contributed by atoms with E-state index in [4.69, 9.17) is 18.9 Å². The molecule has 14 nitrogen and oxygen atoms in total. The number of fused-ring (bicyclic) bond motifs is 5. The lowest BCUT2D eigenvalue weighted by molar-refractivity contribution is -0.346. The number of aliphatic hydroxyl groups excluding tert-OH is 3. The largest absolute Gasteiger partial charge is 0.456 e. The topological polar surface area (TPSA) is 215 Å². The zero-order valence-corrected chi connectivity index (χ0v) is 32.4. The van der Waals surface area contributed by atoms with Crippen molar-refractivity contribution in [3.63, 3.8) is 0 Å². The Morgan fingerprint density at radius 2 is 1.61 bits per heavy atom. The lowest BCUT2D eigenvalue weighted by atomic mass is 9.44. The maximum atomic E-state index is 14.9. The van der Waals surface area contributed by atoms with Crippen LogP contribution in [0.2, 0.25) is 0 Å². The fourth-order valence-electron chi connectivity index (χ4n) is 9.60. The molecule has 3 aliphatic carbocycles. The summed E-state index contributed by atoms with van der Waals surface area (Å²) in [5.41, 5.74) is -6.99. The summed E-state index contributed by atoms with van der Waals surface area (Å²) < 4.78 is 24.1. The summed E-state index contributed by atoms with van der Waals surface area (Å²) in [5.74, 6) is -5.66. The van der Waals surface area contributed by atoms with Crippen LogP contribution >= 0.6 is 0 Å². The van der Waals surface area contributed by atoms with Crippen molar-refractivity contribution in [1.82, 2.24) is 5.32 Å². The number of ether oxygens (including phenoxy) is 4. The van der Waals surface area contributed by atoms with Gasteiger partial charge in [0.1, 0.15) is 30.0 Å². The number of aliphatic hydroxyl groups is 4. The number of hydrogen-bond acceptors (Lipinski definition) is 13. The third-order valence-corrected chi connectivity index (χ3v) is 12.7. The van der Waals surface area contributed by atoms with E-state index in [0.717, 1.165) is 6.92 Å². The van der Waals surface area contributed by atoms with Crippen molar-refractivity contribution in [2.24, 2.45) is 16.7 Å². The Bertz CT molecular complexity index is 1900. The van der Waals surface area contributed by atoms with E-state index in [2.05, 4.69) is 5.32 Å². The van der Waals surface area contributed by atoms with E-state index in [-0.39, 0.29) is 36.2 Å². The van der Waals surface area contributed by atoms with E-state index >= 15 is 0 Å². The Kier molecular flexibility index (Phi) is 11.1. The molecule has 1 saturated heterocycles. The van der Waals surface area contributed by atoms with Gasteiger partial charge in [-0.3, -0.25) is 14.4 Å². The van der Waals surface area contributed by atoms with Crippen LogP contribution in [0.4, 0.5) is 0 Å². The third-order valence-electron chi connectivity index (χ3n) is 12.7. The average molecular weight is 778 g/mol. The normalized spacial score (nSPS) is 34.2. The number of esters is 3. The number of Topliss-reactive ketones (excluding diaryl/α,β-unsaturated/α-hetero) is 1. The molecular formula is C42H51NO13. The molecule has 2 aromatic rings. The molecule has 0 spiro atoms. The van der Waals surface area contributed by atoms with Crippen LogP contribution in [0, 0.1) is 16.7 Å². The van der Waals surface area contributed by atoms with Crippen molar-refractivity contribution in [1.29, 1.82) is 0 Å². The minimum Gasteiger partial charge on any atom is -0.456 e. The first-order valence-corrected chi connectivity index (χ1v) is 19.0. The molecule has 0 aromatic heterocycles. The van der Waals surface area contributed by atoms with Crippen LogP contribution in [0.25, 0.3) is 0 Å². The molecule has 4 aliphatic rings. The third kappa shape index (κ3) is 6.54. The maximum absolute atomic E-state index is 14.9. The van der Waals surface area contributed by atoms with Gasteiger partial charge in [-0.1, -0.05) is 69.3 Å². The minimum absolute atomic E-state index is 0.0412. The summed E-state index contributed by atoms with van der Waals surface area (Å²) in [6, 6.07) is 15.0. The second-order valence-electron chi connectivity index (χ2n) is 16.2. The highest BCUT2D eigenvalue weighted by Gasteiger charge is 2.78. The highest BCUT2D eigenvalue weighted by Crippen LogP contribution is 2.64. The average Bonchev–Trinajstić information content (AvgIpc) is 3.15. The van der Waals surface area contributed by atoms with Crippen LogP contribution in [-0.2, 0) is 38.1 Å². The number of ketones is 1. The number of carbonyl (C=O) groups excluding carboxylic acids is 5. The van der Waals surface area contributed by atoms with Crippen LogP contribution in [0.3, 0.4) is 0 Å². The molecule has 302 valence electrons. The van der Waals surface area contributed by atoms with Gasteiger partial charge in [-0.2, -0.15) is 0 Å². The summed E-state index contributed by atoms with van der Waals surface area (Å²) in [6.45, 7) is 8.73. The number of amides is 1. The van der Waals surface area contributed by atoms with Gasteiger partial charge in [0.25, 0.3) is 0 Å². The molecule has 2 saturated carbocycles. The molecular weight excluding hydrogens is 726 g/mol. The van der Waals surface area contributed by atoms with Gasteiger partial charge >= 0.3 is 17.9 Å². The van der Waals surface area contributed by atoms with Gasteiger partial charge in [0.2, 0.25) is 5.91 Å². The summed E-state index contributed by atoms with van der Waals surface area (Å²) in [6.07, 6.45) is -9.66. The number of carbonyl (C=O) groups is 5. The Morgan fingerprint density at radius 1 is 0.982 bits per heavy atom. The van der Waals surface area contributed by atoms with Gasteiger partial charge in [0.15, 0.2) is 17.5 Å². The highest BCUT2D eigenvalue weighted by atomic mass is 16.6. The molecule has 1 amide bonds. The Morgan fingerprint density at radius 3 is 2.18 bits per heavy atom. The summed E-state index contributed by atoms with van der Waals surface area (Å²) in [7, 11) is 0. The van der Waals surface area contributed by atoms with Gasteiger partial charge in [-0.15, -0.1) is 0 Å². The van der Waals surface area contributed by atoms with Crippen LogP contribution in [0.15, 0.2) is 71.8 Å². The zero-order valence-electron chi connectivity index (χ0n) is 32.4. The second-order valence-corrected chi connectivity index (χ2v) is 16.2. The van der Waals surface area contributed by atoms with E-state index in [1.807, 2.05) is 0 Å². The molecule has 1 heterocycles. The van der Waals surface area contributed by atoms with Crippen molar-refractivity contribution >= 4 is 29.6 Å².